The standard InChI is InChI=1S/C13H20N2O/c1-3-4-5-6-7-8-12(16)13-14-9-11(2)10-15-13/h9-10H,3-8H2,1-2H3. The highest BCUT2D eigenvalue weighted by Gasteiger charge is 2.07. The third-order valence-corrected chi connectivity index (χ3v) is 2.54. The minimum absolute atomic E-state index is 0.0662. The highest BCUT2D eigenvalue weighted by atomic mass is 16.1. The normalized spacial score (nSPS) is 10.4. The maximum absolute atomic E-state index is 11.7. The maximum atomic E-state index is 11.7. The van der Waals surface area contributed by atoms with Crippen LogP contribution in [-0.2, 0) is 0 Å². The summed E-state index contributed by atoms with van der Waals surface area (Å²) in [6, 6.07) is 0. The van der Waals surface area contributed by atoms with Crippen molar-refractivity contribution in [1.29, 1.82) is 0 Å². The van der Waals surface area contributed by atoms with Crippen LogP contribution < -0.4 is 0 Å². The number of ketones is 1. The molecule has 1 rings (SSSR count). The number of Topliss-reactive ketones (excluding diaryl/α,β-unsaturated/α-hetero) is 1. The first-order chi connectivity index (χ1) is 7.74. The molecule has 0 fully saturated rings. The fourth-order valence-corrected chi connectivity index (χ4v) is 1.54. The van der Waals surface area contributed by atoms with Crippen molar-refractivity contribution in [3.8, 4) is 0 Å². The summed E-state index contributed by atoms with van der Waals surface area (Å²) >= 11 is 0. The predicted octanol–water partition coefficient (Wildman–Crippen LogP) is 3.33. The van der Waals surface area contributed by atoms with Gasteiger partial charge in [0.25, 0.3) is 0 Å². The van der Waals surface area contributed by atoms with Crippen LogP contribution in [0.3, 0.4) is 0 Å². The Morgan fingerprint density at radius 3 is 2.38 bits per heavy atom. The molecule has 3 nitrogen and oxygen atoms in total. The van der Waals surface area contributed by atoms with E-state index >= 15 is 0 Å². The number of carbonyl (C=O) groups excluding carboxylic acids is 1. The lowest BCUT2D eigenvalue weighted by Crippen LogP contribution is -2.05. The van der Waals surface area contributed by atoms with E-state index in [1.807, 2.05) is 6.92 Å². The second-order valence-corrected chi connectivity index (χ2v) is 4.17. The SMILES string of the molecule is CCCCCCCC(=O)c1ncc(C)cn1. The summed E-state index contributed by atoms with van der Waals surface area (Å²) in [6.45, 7) is 4.10. The minimum atomic E-state index is 0.0662. The average Bonchev–Trinajstić information content (AvgIpc) is 2.29. The van der Waals surface area contributed by atoms with Crippen molar-refractivity contribution >= 4 is 5.78 Å². The second-order valence-electron chi connectivity index (χ2n) is 4.17. The maximum Gasteiger partial charge on any atom is 0.200 e. The van der Waals surface area contributed by atoms with E-state index in [-0.39, 0.29) is 5.78 Å². The third-order valence-electron chi connectivity index (χ3n) is 2.54. The topological polar surface area (TPSA) is 42.9 Å². The molecule has 0 radical (unpaired) electrons. The summed E-state index contributed by atoms with van der Waals surface area (Å²) in [6.07, 6.45) is 9.76. The van der Waals surface area contributed by atoms with Gasteiger partial charge in [0.2, 0.25) is 0 Å². The molecule has 0 spiro atoms. The highest BCUT2D eigenvalue weighted by Crippen LogP contribution is 2.07. The van der Waals surface area contributed by atoms with Gasteiger partial charge in [0.05, 0.1) is 0 Å². The fraction of sp³-hybridized carbons (Fsp3) is 0.615. The molecule has 0 bridgehead atoms. The molecule has 0 aliphatic heterocycles. The van der Waals surface area contributed by atoms with Crippen LogP contribution in [0.15, 0.2) is 12.4 Å². The smallest absolute Gasteiger partial charge is 0.200 e. The Labute approximate surface area is 97.3 Å². The van der Waals surface area contributed by atoms with Gasteiger partial charge in [-0.3, -0.25) is 4.79 Å². The van der Waals surface area contributed by atoms with Crippen molar-refractivity contribution in [3.63, 3.8) is 0 Å². The van der Waals surface area contributed by atoms with Crippen LogP contribution in [0.5, 0.6) is 0 Å². The van der Waals surface area contributed by atoms with E-state index in [4.69, 9.17) is 0 Å². The zero-order chi connectivity index (χ0) is 11.8. The highest BCUT2D eigenvalue weighted by molar-refractivity contribution is 5.92. The molecule has 0 saturated heterocycles. The van der Waals surface area contributed by atoms with Gasteiger partial charge in [0.15, 0.2) is 11.6 Å². The Kier molecular flexibility index (Phi) is 5.68. The zero-order valence-electron chi connectivity index (χ0n) is 10.2. The lowest BCUT2D eigenvalue weighted by atomic mass is 10.1. The van der Waals surface area contributed by atoms with Crippen molar-refractivity contribution in [2.45, 2.75) is 52.4 Å². The van der Waals surface area contributed by atoms with Crippen molar-refractivity contribution in [2.24, 2.45) is 0 Å². The van der Waals surface area contributed by atoms with E-state index in [0.29, 0.717) is 12.2 Å². The zero-order valence-corrected chi connectivity index (χ0v) is 10.2. The summed E-state index contributed by atoms with van der Waals surface area (Å²) < 4.78 is 0. The Morgan fingerprint density at radius 1 is 1.12 bits per heavy atom. The van der Waals surface area contributed by atoms with Crippen LogP contribution in [0.4, 0.5) is 0 Å². The predicted molar refractivity (Wildman–Crippen MR) is 64.5 cm³/mol. The van der Waals surface area contributed by atoms with Crippen molar-refractivity contribution in [3.05, 3.63) is 23.8 Å². The summed E-state index contributed by atoms with van der Waals surface area (Å²) in [5.74, 6) is 0.428. The van der Waals surface area contributed by atoms with Crippen LogP contribution in [0.25, 0.3) is 0 Å². The van der Waals surface area contributed by atoms with Crippen LogP contribution in [0, 0.1) is 6.92 Å². The molecule has 0 aliphatic carbocycles. The number of hydrogen-bond acceptors (Lipinski definition) is 3. The summed E-state index contributed by atoms with van der Waals surface area (Å²) in [4.78, 5) is 19.7. The van der Waals surface area contributed by atoms with Gasteiger partial charge < -0.3 is 0 Å². The van der Waals surface area contributed by atoms with Crippen LogP contribution in [0.1, 0.15) is 61.6 Å². The monoisotopic (exact) mass is 220 g/mol. The molecular formula is C13H20N2O. The van der Waals surface area contributed by atoms with Crippen LogP contribution in [-0.4, -0.2) is 15.8 Å². The first-order valence-electron chi connectivity index (χ1n) is 6.06. The van der Waals surface area contributed by atoms with Crippen molar-refractivity contribution in [1.82, 2.24) is 9.97 Å². The van der Waals surface area contributed by atoms with Crippen molar-refractivity contribution < 1.29 is 4.79 Å². The second kappa shape index (κ2) is 7.09. The molecule has 0 aromatic carbocycles. The first-order valence-corrected chi connectivity index (χ1v) is 6.06. The molecule has 0 amide bonds. The number of carbonyl (C=O) groups is 1. The van der Waals surface area contributed by atoms with Crippen molar-refractivity contribution in [2.75, 3.05) is 0 Å². The number of nitrogens with zero attached hydrogens (tertiary/aromatic N) is 2. The molecule has 3 heteroatoms. The molecular weight excluding hydrogens is 200 g/mol. The van der Waals surface area contributed by atoms with Gasteiger partial charge in [-0.2, -0.15) is 0 Å². The largest absolute Gasteiger partial charge is 0.291 e. The van der Waals surface area contributed by atoms with Gasteiger partial charge in [0, 0.05) is 18.8 Å². The van der Waals surface area contributed by atoms with Gasteiger partial charge in [-0.1, -0.05) is 32.6 Å². The fourth-order valence-electron chi connectivity index (χ4n) is 1.54. The Balaban J connectivity index is 2.27. The van der Waals surface area contributed by atoms with Gasteiger partial charge in [0.1, 0.15) is 0 Å². The van der Waals surface area contributed by atoms with Gasteiger partial charge in [-0.25, -0.2) is 9.97 Å². The van der Waals surface area contributed by atoms with E-state index in [0.717, 1.165) is 18.4 Å². The molecule has 1 heterocycles. The lowest BCUT2D eigenvalue weighted by molar-refractivity contribution is 0.0969. The number of aromatic nitrogens is 2. The molecule has 0 atom stereocenters. The minimum Gasteiger partial charge on any atom is -0.291 e. The molecule has 0 N–H and O–H groups in total. The molecule has 0 saturated carbocycles. The number of rotatable bonds is 7. The van der Waals surface area contributed by atoms with E-state index in [1.165, 1.54) is 19.3 Å². The van der Waals surface area contributed by atoms with E-state index in [9.17, 15) is 4.79 Å². The Bertz CT molecular complexity index is 319. The average molecular weight is 220 g/mol. The third kappa shape index (κ3) is 4.51. The first kappa shape index (κ1) is 12.8. The summed E-state index contributed by atoms with van der Waals surface area (Å²) in [5, 5.41) is 0. The van der Waals surface area contributed by atoms with Gasteiger partial charge in [-0.05, 0) is 18.9 Å². The summed E-state index contributed by atoms with van der Waals surface area (Å²) in [5.41, 5.74) is 0.986. The molecule has 0 unspecified atom stereocenters. The van der Waals surface area contributed by atoms with Crippen LogP contribution >= 0.6 is 0 Å². The molecule has 0 aliphatic rings. The van der Waals surface area contributed by atoms with E-state index < -0.39 is 0 Å². The molecule has 16 heavy (non-hydrogen) atoms. The molecule has 1 aromatic heterocycles. The quantitative estimate of drug-likeness (QED) is 0.523. The molecule has 1 aromatic rings. The van der Waals surface area contributed by atoms with Gasteiger partial charge >= 0.3 is 0 Å². The van der Waals surface area contributed by atoms with Crippen LogP contribution in [0.2, 0.25) is 0 Å². The summed E-state index contributed by atoms with van der Waals surface area (Å²) in [7, 11) is 0. The number of hydrogen-bond donors (Lipinski definition) is 0. The number of aryl methyl sites for hydroxylation is 1. The Hall–Kier alpha value is -1.25. The van der Waals surface area contributed by atoms with Gasteiger partial charge in [-0.15, -0.1) is 0 Å². The Morgan fingerprint density at radius 2 is 1.75 bits per heavy atom. The van der Waals surface area contributed by atoms with E-state index in [2.05, 4.69) is 16.9 Å². The molecule has 88 valence electrons. The number of unbranched alkanes of at least 4 members (excludes halogenated alkanes) is 4. The van der Waals surface area contributed by atoms with E-state index in [1.54, 1.807) is 12.4 Å². The lowest BCUT2D eigenvalue weighted by Gasteiger charge is -2.00.